The summed E-state index contributed by atoms with van der Waals surface area (Å²) >= 11 is 0. The van der Waals surface area contributed by atoms with E-state index in [1.54, 1.807) is 0 Å². The van der Waals surface area contributed by atoms with Crippen LogP contribution in [0.25, 0.3) is 0 Å². The number of benzene rings is 2. The van der Waals surface area contributed by atoms with E-state index >= 15 is 0 Å². The number of anilines is 2. The smallest absolute Gasteiger partial charge is 0.256 e. The maximum absolute atomic E-state index is 12.7. The Kier molecular flexibility index (Phi) is 4.38. The van der Waals surface area contributed by atoms with E-state index in [0.29, 0.717) is 5.69 Å². The van der Waals surface area contributed by atoms with Crippen LogP contribution < -0.4 is 10.2 Å². The molecule has 4 nitrogen and oxygen atoms in total. The van der Waals surface area contributed by atoms with Gasteiger partial charge >= 0.3 is 0 Å². The molecule has 0 radical (unpaired) electrons. The van der Waals surface area contributed by atoms with E-state index in [4.69, 9.17) is 0 Å². The van der Waals surface area contributed by atoms with Crippen molar-refractivity contribution >= 4 is 23.2 Å². The Morgan fingerprint density at radius 1 is 1.04 bits per heavy atom. The van der Waals surface area contributed by atoms with Crippen LogP contribution in [0.3, 0.4) is 0 Å². The molecule has 0 aromatic heterocycles. The molecule has 1 N–H and O–H groups in total. The van der Waals surface area contributed by atoms with Crippen LogP contribution in [0.2, 0.25) is 0 Å². The Hall–Kier alpha value is -2.62. The van der Waals surface area contributed by atoms with Gasteiger partial charge in [0.1, 0.15) is 6.04 Å². The highest BCUT2D eigenvalue weighted by atomic mass is 16.2. The third kappa shape index (κ3) is 3.04. The topological polar surface area (TPSA) is 49.4 Å². The Morgan fingerprint density at radius 2 is 1.75 bits per heavy atom. The van der Waals surface area contributed by atoms with Crippen molar-refractivity contribution in [1.82, 2.24) is 0 Å². The number of hydrogen-bond acceptors (Lipinski definition) is 3. The zero-order valence-electron chi connectivity index (χ0n) is 14.3. The lowest BCUT2D eigenvalue weighted by molar-refractivity contribution is -0.121. The molecule has 2 aromatic rings. The summed E-state index contributed by atoms with van der Waals surface area (Å²) in [6, 6.07) is 13.1. The summed E-state index contributed by atoms with van der Waals surface area (Å²) in [6.07, 6.45) is 1.11. The van der Waals surface area contributed by atoms with E-state index in [9.17, 15) is 9.59 Å². The summed E-state index contributed by atoms with van der Waals surface area (Å²) in [5.41, 5.74) is 5.05. The first-order chi connectivity index (χ1) is 11.5. The van der Waals surface area contributed by atoms with E-state index in [-0.39, 0.29) is 18.2 Å². The van der Waals surface area contributed by atoms with E-state index in [2.05, 4.69) is 12.2 Å². The van der Waals surface area contributed by atoms with Gasteiger partial charge in [0.25, 0.3) is 5.91 Å². The van der Waals surface area contributed by atoms with Gasteiger partial charge in [-0.2, -0.15) is 0 Å². The van der Waals surface area contributed by atoms with Gasteiger partial charge in [0.2, 0.25) is 5.91 Å². The molecule has 2 amide bonds. The third-order valence-electron chi connectivity index (χ3n) is 4.60. The van der Waals surface area contributed by atoms with E-state index in [1.165, 1.54) is 16.0 Å². The monoisotopic (exact) mass is 322 g/mol. The minimum atomic E-state index is -0.509. The standard InChI is InChI=1S/C20H22N2O2/c1-4-15-6-9-17(10-7-15)22-19(23)12-18(20(22)24)21-16-8-5-13(2)14(3)11-16/h5-11,18,21H,4,12H2,1-3H3/t18-/m1/s1. The maximum Gasteiger partial charge on any atom is 0.256 e. The lowest BCUT2D eigenvalue weighted by atomic mass is 10.1. The van der Waals surface area contributed by atoms with Crippen LogP contribution >= 0.6 is 0 Å². The zero-order chi connectivity index (χ0) is 17.3. The second-order valence-electron chi connectivity index (χ2n) is 6.29. The minimum absolute atomic E-state index is 0.161. The summed E-state index contributed by atoms with van der Waals surface area (Å²) < 4.78 is 0. The Bertz CT molecular complexity index is 781. The van der Waals surface area contributed by atoms with Gasteiger partial charge in [-0.15, -0.1) is 0 Å². The summed E-state index contributed by atoms with van der Waals surface area (Å²) in [7, 11) is 0. The molecule has 0 bridgehead atoms. The molecule has 1 atom stereocenters. The predicted molar refractivity (Wildman–Crippen MR) is 96.3 cm³/mol. The van der Waals surface area contributed by atoms with Crippen LogP contribution in [0.15, 0.2) is 42.5 Å². The Morgan fingerprint density at radius 3 is 2.38 bits per heavy atom. The molecular formula is C20H22N2O2. The van der Waals surface area contributed by atoms with Crippen molar-refractivity contribution in [1.29, 1.82) is 0 Å². The molecule has 2 aromatic carbocycles. The zero-order valence-corrected chi connectivity index (χ0v) is 14.3. The van der Waals surface area contributed by atoms with Gasteiger partial charge in [-0.1, -0.05) is 25.1 Å². The van der Waals surface area contributed by atoms with Crippen LogP contribution in [0.1, 0.15) is 30.0 Å². The average Bonchev–Trinajstić information content (AvgIpc) is 2.85. The Balaban J connectivity index is 1.79. The van der Waals surface area contributed by atoms with Crippen molar-refractivity contribution in [3.05, 3.63) is 59.2 Å². The first-order valence-corrected chi connectivity index (χ1v) is 8.29. The molecule has 1 aliphatic heterocycles. The number of nitrogens with one attached hydrogen (secondary N) is 1. The van der Waals surface area contributed by atoms with Gasteiger partial charge in [0, 0.05) is 5.69 Å². The molecule has 0 unspecified atom stereocenters. The molecule has 3 rings (SSSR count). The molecule has 0 spiro atoms. The van der Waals surface area contributed by atoms with Crippen LogP contribution in [-0.4, -0.2) is 17.9 Å². The van der Waals surface area contributed by atoms with Crippen LogP contribution in [0.4, 0.5) is 11.4 Å². The lowest BCUT2D eigenvalue weighted by Crippen LogP contribution is -2.34. The highest BCUT2D eigenvalue weighted by Crippen LogP contribution is 2.26. The second kappa shape index (κ2) is 6.48. The number of imide groups is 1. The van der Waals surface area contributed by atoms with Gasteiger partial charge in [-0.25, -0.2) is 4.90 Å². The first kappa shape index (κ1) is 16.2. The molecule has 1 aliphatic rings. The van der Waals surface area contributed by atoms with Crippen molar-refractivity contribution < 1.29 is 9.59 Å². The van der Waals surface area contributed by atoms with E-state index in [1.807, 2.05) is 56.3 Å². The quantitative estimate of drug-likeness (QED) is 0.875. The largest absolute Gasteiger partial charge is 0.373 e. The molecule has 1 saturated heterocycles. The lowest BCUT2D eigenvalue weighted by Gasteiger charge is -2.17. The van der Waals surface area contributed by atoms with Crippen LogP contribution in [0.5, 0.6) is 0 Å². The predicted octanol–water partition coefficient (Wildman–Crippen LogP) is 3.61. The van der Waals surface area contributed by atoms with Crippen LogP contribution in [-0.2, 0) is 16.0 Å². The summed E-state index contributed by atoms with van der Waals surface area (Å²) in [4.78, 5) is 26.3. The van der Waals surface area contributed by atoms with Crippen molar-refractivity contribution in [2.45, 2.75) is 39.7 Å². The van der Waals surface area contributed by atoms with Gasteiger partial charge in [-0.05, 0) is 61.2 Å². The van der Waals surface area contributed by atoms with E-state index in [0.717, 1.165) is 17.7 Å². The fourth-order valence-electron chi connectivity index (χ4n) is 2.93. The first-order valence-electron chi connectivity index (χ1n) is 8.29. The Labute approximate surface area is 142 Å². The number of nitrogens with zero attached hydrogens (tertiary/aromatic N) is 1. The maximum atomic E-state index is 12.7. The second-order valence-corrected chi connectivity index (χ2v) is 6.29. The molecule has 1 fully saturated rings. The number of rotatable bonds is 4. The molecule has 0 saturated carbocycles. The molecular weight excluding hydrogens is 300 g/mol. The van der Waals surface area contributed by atoms with Gasteiger partial charge < -0.3 is 5.32 Å². The van der Waals surface area contributed by atoms with Crippen LogP contribution in [0, 0.1) is 13.8 Å². The fourth-order valence-corrected chi connectivity index (χ4v) is 2.93. The number of hydrogen-bond donors (Lipinski definition) is 1. The highest BCUT2D eigenvalue weighted by Gasteiger charge is 2.39. The summed E-state index contributed by atoms with van der Waals surface area (Å²) in [5.74, 6) is -0.354. The van der Waals surface area contributed by atoms with Crippen molar-refractivity contribution in [3.63, 3.8) is 0 Å². The number of amides is 2. The van der Waals surface area contributed by atoms with Gasteiger partial charge in [-0.3, -0.25) is 9.59 Å². The van der Waals surface area contributed by atoms with Gasteiger partial charge in [0.15, 0.2) is 0 Å². The highest BCUT2D eigenvalue weighted by molar-refractivity contribution is 6.23. The van der Waals surface area contributed by atoms with Gasteiger partial charge in [0.05, 0.1) is 12.1 Å². The molecule has 0 aliphatic carbocycles. The normalized spacial score (nSPS) is 17.5. The number of carbonyl (C=O) groups is 2. The molecule has 4 heteroatoms. The van der Waals surface area contributed by atoms with E-state index < -0.39 is 6.04 Å². The molecule has 124 valence electrons. The van der Waals surface area contributed by atoms with Crippen molar-refractivity contribution in [3.8, 4) is 0 Å². The number of aryl methyl sites for hydroxylation is 3. The molecule has 1 heterocycles. The third-order valence-corrected chi connectivity index (χ3v) is 4.60. The molecule has 24 heavy (non-hydrogen) atoms. The summed E-state index contributed by atoms with van der Waals surface area (Å²) in [5, 5.41) is 3.20. The fraction of sp³-hybridized carbons (Fsp3) is 0.300. The number of carbonyl (C=O) groups excluding carboxylic acids is 2. The summed E-state index contributed by atoms with van der Waals surface area (Å²) in [6.45, 7) is 6.15. The van der Waals surface area contributed by atoms with Crippen molar-refractivity contribution in [2.75, 3.05) is 10.2 Å². The van der Waals surface area contributed by atoms with Crippen molar-refractivity contribution in [2.24, 2.45) is 0 Å². The SMILES string of the molecule is CCc1ccc(N2C(=O)C[C@@H](Nc3ccc(C)c(C)c3)C2=O)cc1. The minimum Gasteiger partial charge on any atom is -0.373 e. The average molecular weight is 322 g/mol.